The van der Waals surface area contributed by atoms with Crippen molar-refractivity contribution < 1.29 is 23.1 Å². The van der Waals surface area contributed by atoms with Gasteiger partial charge in [-0.3, -0.25) is 4.79 Å². The zero-order valence-corrected chi connectivity index (χ0v) is 14.8. The first-order valence-corrected chi connectivity index (χ1v) is 8.69. The van der Waals surface area contributed by atoms with Gasteiger partial charge in [0, 0.05) is 17.7 Å². The zero-order valence-electron chi connectivity index (χ0n) is 14.8. The third-order valence-corrected chi connectivity index (χ3v) is 5.12. The van der Waals surface area contributed by atoms with Crippen LogP contribution in [0.4, 0.5) is 13.2 Å². The first-order chi connectivity index (χ1) is 12.6. The van der Waals surface area contributed by atoms with Crippen molar-refractivity contribution in [1.82, 2.24) is 20.1 Å². The monoisotopic (exact) mass is 380 g/mol. The Labute approximate surface area is 153 Å². The molecule has 2 aliphatic carbocycles. The number of hydrogen-bond acceptors (Lipinski definition) is 4. The number of aliphatic hydroxyl groups is 1. The summed E-state index contributed by atoms with van der Waals surface area (Å²) in [4.78, 5) is 16.7. The minimum absolute atomic E-state index is 0.0501. The van der Waals surface area contributed by atoms with Gasteiger partial charge in [0.2, 0.25) is 0 Å². The lowest BCUT2D eigenvalue weighted by Crippen LogP contribution is -2.46. The van der Waals surface area contributed by atoms with Crippen molar-refractivity contribution in [3.63, 3.8) is 0 Å². The zero-order chi connectivity index (χ0) is 19.6. The molecule has 4 rings (SSSR count). The number of rotatable bonds is 4. The molecule has 2 N–H and O–H groups in total. The number of pyridine rings is 1. The second-order valence-corrected chi connectivity index (χ2v) is 7.83. The van der Waals surface area contributed by atoms with Crippen molar-refractivity contribution >= 4 is 5.91 Å². The smallest absolute Gasteiger partial charge is 0.394 e. The Kier molecular flexibility index (Phi) is 3.85. The number of hydrogen-bond donors (Lipinski definition) is 2. The summed E-state index contributed by atoms with van der Waals surface area (Å²) in [6, 6.07) is 1.85. The molecule has 27 heavy (non-hydrogen) atoms. The average molecular weight is 380 g/mol. The van der Waals surface area contributed by atoms with E-state index in [9.17, 15) is 23.1 Å². The van der Waals surface area contributed by atoms with Crippen LogP contribution in [0.2, 0.25) is 0 Å². The third kappa shape index (κ3) is 3.09. The molecule has 1 fully saturated rings. The Hall–Kier alpha value is -2.42. The van der Waals surface area contributed by atoms with E-state index in [0.29, 0.717) is 12.3 Å². The SMILES string of the molecule is CC(C)(CO)NC(=O)c1nn(-c2cc(C(F)(F)F)ccn2)c2c1C[C@H]1C[C@@H]21. The van der Waals surface area contributed by atoms with Crippen LogP contribution in [-0.4, -0.2) is 37.9 Å². The van der Waals surface area contributed by atoms with E-state index in [2.05, 4.69) is 15.4 Å². The number of amides is 1. The summed E-state index contributed by atoms with van der Waals surface area (Å²) >= 11 is 0. The number of nitrogens with one attached hydrogen (secondary N) is 1. The van der Waals surface area contributed by atoms with Gasteiger partial charge in [0.05, 0.1) is 23.4 Å². The van der Waals surface area contributed by atoms with Gasteiger partial charge in [-0.15, -0.1) is 0 Å². The van der Waals surface area contributed by atoms with E-state index in [-0.39, 0.29) is 24.0 Å². The summed E-state index contributed by atoms with van der Waals surface area (Å²) in [6.07, 6.45) is -1.76. The maximum absolute atomic E-state index is 13.1. The van der Waals surface area contributed by atoms with E-state index < -0.39 is 23.2 Å². The second kappa shape index (κ2) is 5.79. The Bertz CT molecular complexity index is 920. The average Bonchev–Trinajstić information content (AvgIpc) is 3.09. The van der Waals surface area contributed by atoms with Gasteiger partial charge in [-0.05, 0) is 44.7 Å². The van der Waals surface area contributed by atoms with Gasteiger partial charge in [-0.25, -0.2) is 9.67 Å². The molecular formula is C18H19F3N4O2. The van der Waals surface area contributed by atoms with Crippen LogP contribution in [0.25, 0.3) is 5.82 Å². The molecule has 2 heterocycles. The van der Waals surface area contributed by atoms with Crippen molar-refractivity contribution in [2.45, 2.75) is 44.3 Å². The lowest BCUT2D eigenvalue weighted by atomic mass is 10.1. The van der Waals surface area contributed by atoms with Crippen molar-refractivity contribution in [2.24, 2.45) is 5.92 Å². The standard InChI is InChI=1S/C18H19F3N4O2/c1-17(2,8-26)23-16(27)14-12-6-9-5-11(9)15(12)25(24-14)13-7-10(3-4-22-13)18(19,20)21/h3-4,7,9,11,26H,5-6,8H2,1-2H3,(H,23,27)/t9-,11-/m1/s1. The molecule has 6 nitrogen and oxygen atoms in total. The van der Waals surface area contributed by atoms with Gasteiger partial charge in [-0.2, -0.15) is 18.3 Å². The van der Waals surface area contributed by atoms with Crippen LogP contribution in [-0.2, 0) is 12.6 Å². The molecule has 2 atom stereocenters. The van der Waals surface area contributed by atoms with Gasteiger partial charge in [-0.1, -0.05) is 0 Å². The third-order valence-electron chi connectivity index (χ3n) is 5.12. The van der Waals surface area contributed by atoms with Gasteiger partial charge < -0.3 is 10.4 Å². The summed E-state index contributed by atoms with van der Waals surface area (Å²) in [6.45, 7) is 3.10. The van der Waals surface area contributed by atoms with Crippen molar-refractivity contribution in [2.75, 3.05) is 6.61 Å². The topological polar surface area (TPSA) is 80.0 Å². The maximum Gasteiger partial charge on any atom is 0.416 e. The Morgan fingerprint density at radius 2 is 2.15 bits per heavy atom. The maximum atomic E-state index is 13.1. The van der Waals surface area contributed by atoms with Crippen LogP contribution in [0.3, 0.4) is 0 Å². The quantitative estimate of drug-likeness (QED) is 0.854. The number of alkyl halides is 3. The van der Waals surface area contributed by atoms with E-state index in [1.807, 2.05) is 0 Å². The fourth-order valence-electron chi connectivity index (χ4n) is 3.59. The number of carbonyl (C=O) groups is 1. The highest BCUT2D eigenvalue weighted by molar-refractivity contribution is 5.95. The number of aromatic nitrogens is 3. The van der Waals surface area contributed by atoms with Crippen LogP contribution in [0, 0.1) is 5.92 Å². The van der Waals surface area contributed by atoms with E-state index in [1.54, 1.807) is 13.8 Å². The number of aliphatic hydroxyl groups excluding tert-OH is 1. The highest BCUT2D eigenvalue weighted by Gasteiger charge is 2.50. The molecule has 0 unspecified atom stereocenters. The van der Waals surface area contributed by atoms with Crippen LogP contribution in [0.15, 0.2) is 18.3 Å². The molecule has 0 spiro atoms. The van der Waals surface area contributed by atoms with Crippen LogP contribution in [0.5, 0.6) is 0 Å². The summed E-state index contributed by atoms with van der Waals surface area (Å²) in [5.41, 5.74) is 0.0944. The first-order valence-electron chi connectivity index (χ1n) is 8.69. The molecule has 2 aliphatic rings. The second-order valence-electron chi connectivity index (χ2n) is 7.83. The van der Waals surface area contributed by atoms with E-state index in [4.69, 9.17) is 0 Å². The molecule has 0 aliphatic heterocycles. The summed E-state index contributed by atoms with van der Waals surface area (Å²) in [5, 5.41) is 16.4. The number of halogens is 3. The van der Waals surface area contributed by atoms with Crippen LogP contribution < -0.4 is 5.32 Å². The molecule has 2 aromatic heterocycles. The molecule has 0 saturated heterocycles. The van der Waals surface area contributed by atoms with Crippen molar-refractivity contribution in [3.8, 4) is 5.82 Å². The molecule has 0 radical (unpaired) electrons. The molecule has 1 saturated carbocycles. The predicted molar refractivity (Wildman–Crippen MR) is 89.5 cm³/mol. The van der Waals surface area contributed by atoms with Crippen LogP contribution >= 0.6 is 0 Å². The molecule has 1 amide bonds. The van der Waals surface area contributed by atoms with Gasteiger partial charge in [0.25, 0.3) is 5.91 Å². The molecule has 0 aromatic carbocycles. The fraction of sp³-hybridized carbons (Fsp3) is 0.500. The number of nitrogens with zero attached hydrogens (tertiary/aromatic N) is 3. The van der Waals surface area contributed by atoms with Crippen molar-refractivity contribution in [1.29, 1.82) is 0 Å². The Balaban J connectivity index is 1.77. The minimum Gasteiger partial charge on any atom is -0.394 e. The normalized spacial score (nSPS) is 21.0. The highest BCUT2D eigenvalue weighted by Crippen LogP contribution is 2.57. The first kappa shape index (κ1) is 18.0. The van der Waals surface area contributed by atoms with E-state index >= 15 is 0 Å². The van der Waals surface area contributed by atoms with Crippen LogP contribution in [0.1, 0.15) is 53.5 Å². The molecule has 144 valence electrons. The minimum atomic E-state index is -4.48. The molecule has 9 heteroatoms. The largest absolute Gasteiger partial charge is 0.416 e. The lowest BCUT2D eigenvalue weighted by Gasteiger charge is -2.23. The lowest BCUT2D eigenvalue weighted by molar-refractivity contribution is -0.137. The Morgan fingerprint density at radius 1 is 1.41 bits per heavy atom. The van der Waals surface area contributed by atoms with E-state index in [1.165, 1.54) is 4.68 Å². The summed E-state index contributed by atoms with van der Waals surface area (Å²) < 4.78 is 40.5. The summed E-state index contributed by atoms with van der Waals surface area (Å²) in [5.74, 6) is 0.218. The van der Waals surface area contributed by atoms with E-state index in [0.717, 1.165) is 36.0 Å². The number of carbonyl (C=O) groups excluding carboxylic acids is 1. The molecular weight excluding hydrogens is 361 g/mol. The summed E-state index contributed by atoms with van der Waals surface area (Å²) in [7, 11) is 0. The fourth-order valence-corrected chi connectivity index (χ4v) is 3.59. The van der Waals surface area contributed by atoms with Gasteiger partial charge >= 0.3 is 6.18 Å². The molecule has 0 bridgehead atoms. The van der Waals surface area contributed by atoms with Gasteiger partial charge in [0.1, 0.15) is 0 Å². The predicted octanol–water partition coefficient (Wildman–Crippen LogP) is 2.45. The molecule has 2 aromatic rings. The van der Waals surface area contributed by atoms with Gasteiger partial charge in [0.15, 0.2) is 11.5 Å². The Morgan fingerprint density at radius 3 is 2.81 bits per heavy atom. The highest BCUT2D eigenvalue weighted by atomic mass is 19.4. The number of fused-ring (bicyclic) bond motifs is 3. The van der Waals surface area contributed by atoms with Crippen molar-refractivity contribution in [3.05, 3.63) is 40.8 Å².